The van der Waals surface area contributed by atoms with Crippen molar-refractivity contribution in [2.45, 2.75) is 5.92 Å². The summed E-state index contributed by atoms with van der Waals surface area (Å²) in [5.41, 5.74) is 1.04. The molecular formula is C13H8ClN3O2. The first-order valence-electron chi connectivity index (χ1n) is 5.39. The van der Waals surface area contributed by atoms with Gasteiger partial charge in [0.1, 0.15) is 10.9 Å². The third kappa shape index (κ3) is 2.69. The molecule has 2 rings (SSSR count). The highest BCUT2D eigenvalue weighted by atomic mass is 35.5. The van der Waals surface area contributed by atoms with Crippen LogP contribution < -0.4 is 0 Å². The summed E-state index contributed by atoms with van der Waals surface area (Å²) in [6.07, 6.45) is 0. The maximum absolute atomic E-state index is 10.8. The molecule has 0 aliphatic rings. The zero-order chi connectivity index (χ0) is 13.8. The third-order valence-corrected chi connectivity index (χ3v) is 2.87. The Morgan fingerprint density at radius 2 is 1.95 bits per heavy atom. The fraction of sp³-hybridized carbons (Fsp3) is 0.0769. The Bertz CT molecular complexity index is 653. The van der Waals surface area contributed by atoms with Crippen LogP contribution in [0, 0.1) is 21.4 Å². The predicted molar refractivity (Wildman–Crippen MR) is 69.8 cm³/mol. The monoisotopic (exact) mass is 273 g/mol. The lowest BCUT2D eigenvalue weighted by atomic mass is 9.97. The molecule has 0 spiro atoms. The molecule has 2 aromatic rings. The van der Waals surface area contributed by atoms with Gasteiger partial charge in [-0.25, -0.2) is 0 Å². The minimum absolute atomic E-state index is 0.0431. The summed E-state index contributed by atoms with van der Waals surface area (Å²) in [4.78, 5) is 14.0. The van der Waals surface area contributed by atoms with Gasteiger partial charge in [-0.15, -0.1) is 0 Å². The molecule has 0 saturated carbocycles. The summed E-state index contributed by atoms with van der Waals surface area (Å²) < 4.78 is 0. The average Bonchev–Trinajstić information content (AvgIpc) is 2.42. The maximum Gasteiger partial charge on any atom is 0.382 e. The molecule has 0 N–H and O–H groups in total. The molecule has 0 bridgehead atoms. The number of nitrogens with zero attached hydrogens (tertiary/aromatic N) is 3. The minimum atomic E-state index is -0.661. The Hall–Kier alpha value is -2.45. The van der Waals surface area contributed by atoms with Gasteiger partial charge in [-0.2, -0.15) is 5.26 Å². The summed E-state index contributed by atoms with van der Waals surface area (Å²) in [5, 5.41) is 20.0. The van der Waals surface area contributed by atoms with Gasteiger partial charge in [0, 0.05) is 0 Å². The van der Waals surface area contributed by atoms with E-state index in [0.717, 1.165) is 5.56 Å². The second kappa shape index (κ2) is 5.46. The quantitative estimate of drug-likeness (QED) is 0.635. The number of nitro groups is 1. The first kappa shape index (κ1) is 13.0. The van der Waals surface area contributed by atoms with E-state index in [0.29, 0.717) is 5.69 Å². The Labute approximate surface area is 114 Å². The number of halogens is 1. The van der Waals surface area contributed by atoms with Gasteiger partial charge < -0.3 is 10.1 Å². The molecule has 0 fully saturated rings. The Morgan fingerprint density at radius 1 is 1.26 bits per heavy atom. The van der Waals surface area contributed by atoms with Gasteiger partial charge in [-0.1, -0.05) is 41.9 Å². The van der Waals surface area contributed by atoms with Crippen molar-refractivity contribution in [2.75, 3.05) is 0 Å². The third-order valence-electron chi connectivity index (χ3n) is 2.58. The lowest BCUT2D eigenvalue weighted by molar-refractivity contribution is -0.389. The van der Waals surface area contributed by atoms with Crippen LogP contribution in [0.4, 0.5) is 5.82 Å². The van der Waals surface area contributed by atoms with Gasteiger partial charge in [0.15, 0.2) is 5.69 Å². The van der Waals surface area contributed by atoms with Gasteiger partial charge in [0.2, 0.25) is 0 Å². The highest BCUT2D eigenvalue weighted by Crippen LogP contribution is 2.27. The molecule has 0 saturated heterocycles. The number of benzene rings is 1. The van der Waals surface area contributed by atoms with E-state index in [1.807, 2.05) is 6.07 Å². The largest absolute Gasteiger partial charge is 0.382 e. The maximum atomic E-state index is 10.8. The molecule has 0 aliphatic heterocycles. The van der Waals surface area contributed by atoms with Crippen LogP contribution in [-0.4, -0.2) is 9.91 Å². The van der Waals surface area contributed by atoms with Crippen LogP contribution in [-0.2, 0) is 0 Å². The molecule has 1 heterocycles. The molecule has 1 aromatic carbocycles. The summed E-state index contributed by atoms with van der Waals surface area (Å²) in [6.45, 7) is 0. The molecule has 0 aliphatic carbocycles. The highest BCUT2D eigenvalue weighted by molar-refractivity contribution is 6.32. The van der Waals surface area contributed by atoms with Crippen molar-refractivity contribution in [1.29, 1.82) is 5.26 Å². The van der Waals surface area contributed by atoms with Crippen molar-refractivity contribution >= 4 is 17.4 Å². The summed E-state index contributed by atoms with van der Waals surface area (Å²) >= 11 is 5.70. The van der Waals surface area contributed by atoms with Crippen LogP contribution in [0.3, 0.4) is 0 Å². The lowest BCUT2D eigenvalue weighted by Gasteiger charge is -2.05. The Balaban J connectivity index is 2.49. The van der Waals surface area contributed by atoms with Gasteiger partial charge >= 0.3 is 5.82 Å². The number of rotatable bonds is 3. The smallest absolute Gasteiger partial charge is 0.358 e. The predicted octanol–water partition coefficient (Wildman–Crippen LogP) is 3.30. The average molecular weight is 274 g/mol. The summed E-state index contributed by atoms with van der Waals surface area (Å²) in [6, 6.07) is 14.0. The Kier molecular flexibility index (Phi) is 3.74. The Morgan fingerprint density at radius 3 is 2.53 bits per heavy atom. The van der Waals surface area contributed by atoms with Crippen LogP contribution in [0.2, 0.25) is 5.02 Å². The molecule has 0 amide bonds. The molecule has 5 nitrogen and oxygen atoms in total. The molecular weight excluding hydrogens is 266 g/mol. The second-order valence-corrected chi connectivity index (χ2v) is 4.18. The molecule has 0 radical (unpaired) electrons. The number of aromatic nitrogens is 1. The van der Waals surface area contributed by atoms with Crippen LogP contribution in [0.15, 0.2) is 42.5 Å². The fourth-order valence-electron chi connectivity index (χ4n) is 1.69. The van der Waals surface area contributed by atoms with Gasteiger partial charge in [-0.05, 0) is 27.6 Å². The van der Waals surface area contributed by atoms with Crippen molar-refractivity contribution in [2.24, 2.45) is 0 Å². The van der Waals surface area contributed by atoms with E-state index in [1.54, 1.807) is 24.3 Å². The van der Waals surface area contributed by atoms with Crippen molar-refractivity contribution in [3.63, 3.8) is 0 Å². The normalized spacial score (nSPS) is 11.6. The number of hydrogen-bond donors (Lipinski definition) is 0. The minimum Gasteiger partial charge on any atom is -0.358 e. The molecule has 94 valence electrons. The molecule has 19 heavy (non-hydrogen) atoms. The van der Waals surface area contributed by atoms with E-state index >= 15 is 0 Å². The number of nitriles is 1. The highest BCUT2D eigenvalue weighted by Gasteiger charge is 2.23. The molecule has 1 aromatic heterocycles. The molecule has 1 unspecified atom stereocenters. The standard InChI is InChI=1S/C13H8ClN3O2/c14-11-6-7-12(16-13(11)17(18)19)10(8-15)9-4-2-1-3-5-9/h1-7,10H. The van der Waals surface area contributed by atoms with E-state index in [9.17, 15) is 15.4 Å². The van der Waals surface area contributed by atoms with E-state index < -0.39 is 16.7 Å². The van der Waals surface area contributed by atoms with Crippen molar-refractivity contribution in [3.05, 3.63) is 68.9 Å². The van der Waals surface area contributed by atoms with Crippen LogP contribution in [0.1, 0.15) is 17.2 Å². The number of hydrogen-bond acceptors (Lipinski definition) is 4. The first-order valence-corrected chi connectivity index (χ1v) is 5.76. The first-order chi connectivity index (χ1) is 9.13. The van der Waals surface area contributed by atoms with Crippen LogP contribution in [0.5, 0.6) is 0 Å². The van der Waals surface area contributed by atoms with Crippen molar-refractivity contribution in [1.82, 2.24) is 4.98 Å². The van der Waals surface area contributed by atoms with Crippen LogP contribution in [0.25, 0.3) is 0 Å². The molecule has 6 heteroatoms. The van der Waals surface area contributed by atoms with Gasteiger partial charge in [-0.3, -0.25) is 0 Å². The van der Waals surface area contributed by atoms with Gasteiger partial charge in [0.25, 0.3) is 0 Å². The SMILES string of the molecule is N#CC(c1ccccc1)c1ccc(Cl)c([N+](=O)[O-])n1. The van der Waals surface area contributed by atoms with Crippen LogP contribution >= 0.6 is 11.6 Å². The van der Waals surface area contributed by atoms with E-state index in [4.69, 9.17) is 11.6 Å². The topological polar surface area (TPSA) is 79.8 Å². The second-order valence-electron chi connectivity index (χ2n) is 3.77. The van der Waals surface area contributed by atoms with E-state index in [-0.39, 0.29) is 5.02 Å². The lowest BCUT2D eigenvalue weighted by Crippen LogP contribution is -2.03. The van der Waals surface area contributed by atoms with E-state index in [1.165, 1.54) is 12.1 Å². The van der Waals surface area contributed by atoms with Gasteiger partial charge in [0.05, 0.1) is 6.07 Å². The number of pyridine rings is 1. The zero-order valence-electron chi connectivity index (χ0n) is 9.65. The fourth-order valence-corrected chi connectivity index (χ4v) is 1.87. The summed E-state index contributed by atoms with van der Waals surface area (Å²) in [5.74, 6) is -1.09. The zero-order valence-corrected chi connectivity index (χ0v) is 10.4. The summed E-state index contributed by atoms with van der Waals surface area (Å²) in [7, 11) is 0. The van der Waals surface area contributed by atoms with Crippen molar-refractivity contribution < 1.29 is 4.92 Å². The van der Waals surface area contributed by atoms with E-state index in [2.05, 4.69) is 11.1 Å². The molecule has 1 atom stereocenters. The van der Waals surface area contributed by atoms with Crippen molar-refractivity contribution in [3.8, 4) is 6.07 Å².